The highest BCUT2D eigenvalue weighted by Crippen LogP contribution is 2.25. The number of ether oxygens (including phenoxy) is 3. The van der Waals surface area contributed by atoms with Gasteiger partial charge in [0.1, 0.15) is 29.8 Å². The van der Waals surface area contributed by atoms with Crippen LogP contribution in [0.15, 0.2) is 54.6 Å². The maximum absolute atomic E-state index is 12.0. The molecule has 6 heteroatoms. The molecule has 0 aliphatic carbocycles. The number of rotatable bonds is 9. The van der Waals surface area contributed by atoms with Crippen molar-refractivity contribution in [2.24, 2.45) is 5.92 Å². The molecule has 0 aromatic heterocycles. The van der Waals surface area contributed by atoms with Gasteiger partial charge in [-0.25, -0.2) is 4.79 Å². The number of benzene rings is 2. The summed E-state index contributed by atoms with van der Waals surface area (Å²) >= 11 is 0. The number of hydrogen-bond acceptors (Lipinski definition) is 5. The number of hydrogen-bond donors (Lipinski definition) is 2. The number of amides is 1. The predicted molar refractivity (Wildman–Crippen MR) is 108 cm³/mol. The summed E-state index contributed by atoms with van der Waals surface area (Å²) in [4.78, 5) is 12.0. The highest BCUT2D eigenvalue weighted by Gasteiger charge is 2.36. The van der Waals surface area contributed by atoms with Gasteiger partial charge in [0, 0.05) is 0 Å². The van der Waals surface area contributed by atoms with E-state index in [1.54, 1.807) is 38.3 Å². The van der Waals surface area contributed by atoms with Gasteiger partial charge in [0.25, 0.3) is 0 Å². The summed E-state index contributed by atoms with van der Waals surface area (Å²) in [6.45, 7) is 5.72. The Balaban J connectivity index is 1.91. The molecule has 0 bridgehead atoms. The normalized spacial score (nSPS) is 14.1. The minimum absolute atomic E-state index is 0.000373. The van der Waals surface area contributed by atoms with Gasteiger partial charge in [-0.3, -0.25) is 0 Å². The van der Waals surface area contributed by atoms with E-state index in [1.807, 2.05) is 44.2 Å². The summed E-state index contributed by atoms with van der Waals surface area (Å²) in [6.07, 6.45) is -1.12. The van der Waals surface area contributed by atoms with Crippen LogP contribution in [0, 0.1) is 5.92 Å². The summed E-state index contributed by atoms with van der Waals surface area (Å²) < 4.78 is 16.3. The van der Waals surface area contributed by atoms with Gasteiger partial charge < -0.3 is 24.6 Å². The van der Waals surface area contributed by atoms with Gasteiger partial charge in [-0.2, -0.15) is 0 Å². The number of nitrogens with one attached hydrogen (secondary N) is 1. The quantitative estimate of drug-likeness (QED) is 0.685. The van der Waals surface area contributed by atoms with Crippen LogP contribution in [0.3, 0.4) is 0 Å². The average Bonchev–Trinajstić information content (AvgIpc) is 2.70. The molecule has 0 radical (unpaired) electrons. The molecule has 0 saturated carbocycles. The number of methoxy groups -OCH3 is 1. The second-order valence-corrected chi connectivity index (χ2v) is 7.23. The van der Waals surface area contributed by atoms with Gasteiger partial charge in [0.2, 0.25) is 0 Å². The lowest BCUT2D eigenvalue weighted by Crippen LogP contribution is -2.53. The minimum atomic E-state index is -1.29. The second-order valence-electron chi connectivity index (χ2n) is 7.23. The van der Waals surface area contributed by atoms with Crippen LogP contribution >= 0.6 is 0 Å². The minimum Gasteiger partial charge on any atom is -0.497 e. The number of carbonyl (C=O) groups is 1. The first kappa shape index (κ1) is 21.6. The third kappa shape index (κ3) is 6.46. The molecule has 0 heterocycles. The van der Waals surface area contributed by atoms with Gasteiger partial charge in [0.15, 0.2) is 0 Å². The van der Waals surface area contributed by atoms with Crippen molar-refractivity contribution < 1.29 is 24.1 Å². The summed E-state index contributed by atoms with van der Waals surface area (Å²) in [6, 6.07) is 16.6. The first-order valence-electron chi connectivity index (χ1n) is 9.29. The highest BCUT2D eigenvalue weighted by atomic mass is 16.5. The fraction of sp³-hybridized carbons (Fsp3) is 0.409. The molecule has 28 heavy (non-hydrogen) atoms. The van der Waals surface area contributed by atoms with Crippen LogP contribution in [-0.2, 0) is 11.3 Å². The second kappa shape index (κ2) is 9.99. The van der Waals surface area contributed by atoms with E-state index in [9.17, 15) is 9.90 Å². The van der Waals surface area contributed by atoms with Crippen molar-refractivity contribution >= 4 is 6.09 Å². The maximum atomic E-state index is 12.0. The van der Waals surface area contributed by atoms with Crippen molar-refractivity contribution in [3.05, 3.63) is 60.2 Å². The fourth-order valence-electron chi connectivity index (χ4n) is 2.91. The van der Waals surface area contributed by atoms with Crippen LogP contribution < -0.4 is 14.8 Å². The van der Waals surface area contributed by atoms with E-state index >= 15 is 0 Å². The molecule has 0 aliphatic rings. The van der Waals surface area contributed by atoms with Crippen molar-refractivity contribution in [1.82, 2.24) is 5.32 Å². The van der Waals surface area contributed by atoms with Gasteiger partial charge in [-0.1, -0.05) is 44.2 Å². The van der Waals surface area contributed by atoms with Crippen LogP contribution in [0.4, 0.5) is 4.79 Å². The van der Waals surface area contributed by atoms with E-state index in [-0.39, 0.29) is 19.1 Å². The fourth-order valence-corrected chi connectivity index (χ4v) is 2.91. The van der Waals surface area contributed by atoms with Crippen LogP contribution in [0.2, 0.25) is 0 Å². The lowest BCUT2D eigenvalue weighted by molar-refractivity contribution is -0.0660. The Hall–Kier alpha value is -2.73. The molecule has 0 unspecified atom stereocenters. The van der Waals surface area contributed by atoms with Crippen molar-refractivity contribution in [2.75, 3.05) is 13.7 Å². The molecule has 152 valence electrons. The van der Waals surface area contributed by atoms with Gasteiger partial charge in [0.05, 0.1) is 13.7 Å². The number of carbonyl (C=O) groups excluding carboxylic acids is 1. The molecule has 0 saturated heterocycles. The Labute approximate surface area is 166 Å². The lowest BCUT2D eigenvalue weighted by Gasteiger charge is -2.35. The van der Waals surface area contributed by atoms with E-state index in [0.717, 1.165) is 11.3 Å². The van der Waals surface area contributed by atoms with Crippen LogP contribution in [0.5, 0.6) is 11.5 Å². The third-order valence-electron chi connectivity index (χ3n) is 4.34. The first-order chi connectivity index (χ1) is 13.3. The van der Waals surface area contributed by atoms with Crippen molar-refractivity contribution in [3.8, 4) is 11.5 Å². The maximum Gasteiger partial charge on any atom is 0.407 e. The van der Waals surface area contributed by atoms with Crippen molar-refractivity contribution in [2.45, 2.75) is 39.1 Å². The Morgan fingerprint density at radius 3 is 2.25 bits per heavy atom. The summed E-state index contributed by atoms with van der Waals surface area (Å²) in [5.41, 5.74) is -0.396. The van der Waals surface area contributed by atoms with E-state index in [4.69, 9.17) is 14.2 Å². The number of alkyl carbamates (subject to hydrolysis) is 1. The molecule has 0 spiro atoms. The summed E-state index contributed by atoms with van der Waals surface area (Å²) in [5.74, 6) is 1.36. The molecule has 0 fully saturated rings. The molecule has 6 nitrogen and oxygen atoms in total. The largest absolute Gasteiger partial charge is 0.497 e. The summed E-state index contributed by atoms with van der Waals surface area (Å²) in [7, 11) is 1.60. The Kier molecular flexibility index (Phi) is 7.70. The molecule has 2 atom stereocenters. The zero-order chi connectivity index (χ0) is 20.6. The SMILES string of the molecule is COc1ccc(O[C@H](C(C)C)[C@](C)(O)CNC(=O)OCc2ccccc2)cc1. The molecular formula is C22H29NO5. The Morgan fingerprint density at radius 1 is 1.07 bits per heavy atom. The average molecular weight is 387 g/mol. The zero-order valence-electron chi connectivity index (χ0n) is 16.8. The summed E-state index contributed by atoms with van der Waals surface area (Å²) in [5, 5.41) is 13.5. The third-order valence-corrected chi connectivity index (χ3v) is 4.34. The topological polar surface area (TPSA) is 77.0 Å². The first-order valence-corrected chi connectivity index (χ1v) is 9.29. The van der Waals surface area contributed by atoms with Crippen molar-refractivity contribution in [3.63, 3.8) is 0 Å². The number of aliphatic hydroxyl groups is 1. The molecule has 2 aromatic rings. The van der Waals surface area contributed by atoms with E-state index in [1.165, 1.54) is 0 Å². The van der Waals surface area contributed by atoms with Crippen LogP contribution in [0.25, 0.3) is 0 Å². The highest BCUT2D eigenvalue weighted by molar-refractivity contribution is 5.67. The monoisotopic (exact) mass is 387 g/mol. The Morgan fingerprint density at radius 2 is 1.68 bits per heavy atom. The predicted octanol–water partition coefficient (Wildman–Crippen LogP) is 3.78. The van der Waals surface area contributed by atoms with E-state index < -0.39 is 17.8 Å². The van der Waals surface area contributed by atoms with E-state index in [0.29, 0.717) is 5.75 Å². The van der Waals surface area contributed by atoms with Crippen LogP contribution in [-0.4, -0.2) is 36.6 Å². The smallest absolute Gasteiger partial charge is 0.407 e. The lowest BCUT2D eigenvalue weighted by atomic mass is 9.90. The molecule has 2 rings (SSSR count). The van der Waals surface area contributed by atoms with E-state index in [2.05, 4.69) is 5.32 Å². The molecule has 2 N–H and O–H groups in total. The van der Waals surface area contributed by atoms with Crippen LogP contribution in [0.1, 0.15) is 26.3 Å². The Bertz CT molecular complexity index is 728. The standard InChI is InChI=1S/C22H29NO5/c1-16(2)20(28-19-12-10-18(26-4)11-13-19)22(3,25)15-23-21(24)27-14-17-8-6-5-7-9-17/h5-13,16,20,25H,14-15H2,1-4H3,(H,23,24)/t20-,22-/m1/s1. The molecule has 1 amide bonds. The van der Waals surface area contributed by atoms with Gasteiger partial charge in [-0.15, -0.1) is 0 Å². The molecular weight excluding hydrogens is 358 g/mol. The molecule has 2 aromatic carbocycles. The van der Waals surface area contributed by atoms with Gasteiger partial charge in [-0.05, 0) is 42.7 Å². The van der Waals surface area contributed by atoms with Crippen molar-refractivity contribution in [1.29, 1.82) is 0 Å². The molecule has 0 aliphatic heterocycles. The zero-order valence-corrected chi connectivity index (χ0v) is 16.8. The van der Waals surface area contributed by atoms with Gasteiger partial charge >= 0.3 is 6.09 Å².